The van der Waals surface area contributed by atoms with Crippen molar-refractivity contribution < 1.29 is 14.3 Å². The van der Waals surface area contributed by atoms with Gasteiger partial charge in [0.1, 0.15) is 5.75 Å². The molecule has 0 aliphatic carbocycles. The van der Waals surface area contributed by atoms with Crippen molar-refractivity contribution in [3.63, 3.8) is 0 Å². The number of morpholine rings is 1. The first-order chi connectivity index (χ1) is 14.1. The summed E-state index contributed by atoms with van der Waals surface area (Å²) in [5.74, 6) is 0.997. The Hall–Kier alpha value is -1.97. The van der Waals surface area contributed by atoms with E-state index in [4.69, 9.17) is 14.5 Å². The molecule has 7 nitrogen and oxygen atoms in total. The fourth-order valence-electron chi connectivity index (χ4n) is 3.39. The molecule has 1 fully saturated rings. The highest BCUT2D eigenvalue weighted by Gasteiger charge is 2.27. The van der Waals surface area contributed by atoms with Gasteiger partial charge in [-0.25, -0.2) is 4.98 Å². The Morgan fingerprint density at radius 1 is 1.31 bits per heavy atom. The van der Waals surface area contributed by atoms with Gasteiger partial charge in [0, 0.05) is 24.8 Å². The minimum atomic E-state index is -0.0733. The summed E-state index contributed by atoms with van der Waals surface area (Å²) in [6.45, 7) is 4.45. The Morgan fingerprint density at radius 3 is 2.72 bits per heavy atom. The van der Waals surface area contributed by atoms with Crippen LogP contribution in [0.1, 0.15) is 12.6 Å². The van der Waals surface area contributed by atoms with Gasteiger partial charge in [0.25, 0.3) is 5.56 Å². The molecule has 0 saturated carbocycles. The molecule has 0 radical (unpaired) electrons. The van der Waals surface area contributed by atoms with Gasteiger partial charge >= 0.3 is 0 Å². The van der Waals surface area contributed by atoms with E-state index in [0.717, 1.165) is 17.9 Å². The molecule has 2 aromatic rings. The fourth-order valence-corrected chi connectivity index (χ4v) is 5.41. The van der Waals surface area contributed by atoms with Gasteiger partial charge in [-0.05, 0) is 24.3 Å². The van der Waals surface area contributed by atoms with Crippen LogP contribution in [0, 0.1) is 0 Å². The normalized spacial score (nSPS) is 18.6. The highest BCUT2D eigenvalue weighted by Crippen LogP contribution is 2.35. The standard InChI is InChI=1S/C20H23N3O4S2/c1-13-11-16-18(29-13)19(25)23(14-3-5-15(26-2)6-4-14)20(21-16)28-12-17(24)22-7-9-27-10-8-22/h3-6,13H,7-12H2,1-2H3/t13-/m1/s1. The Balaban J connectivity index is 1.66. The minimum Gasteiger partial charge on any atom is -0.497 e. The molecule has 1 atom stereocenters. The second-order valence-electron chi connectivity index (χ2n) is 6.92. The number of aromatic nitrogens is 2. The maximum atomic E-state index is 13.3. The molecule has 0 spiro atoms. The van der Waals surface area contributed by atoms with Gasteiger partial charge in [0.05, 0.1) is 42.4 Å². The maximum absolute atomic E-state index is 13.3. The summed E-state index contributed by atoms with van der Waals surface area (Å²) in [6, 6.07) is 7.31. The predicted octanol–water partition coefficient (Wildman–Crippen LogP) is 2.23. The molecule has 1 amide bonds. The van der Waals surface area contributed by atoms with Crippen molar-refractivity contribution in [3.8, 4) is 11.4 Å². The van der Waals surface area contributed by atoms with E-state index in [1.807, 2.05) is 24.3 Å². The SMILES string of the molecule is COc1ccc(-n2c(SCC(=O)N3CCOCC3)nc3c(c2=O)S[C@H](C)C3)cc1. The Morgan fingerprint density at radius 2 is 2.03 bits per heavy atom. The number of hydrogen-bond acceptors (Lipinski definition) is 7. The number of thioether (sulfide) groups is 2. The first-order valence-corrected chi connectivity index (χ1v) is 11.4. The summed E-state index contributed by atoms with van der Waals surface area (Å²) in [7, 11) is 1.61. The number of methoxy groups -OCH3 is 1. The quantitative estimate of drug-likeness (QED) is 0.529. The van der Waals surface area contributed by atoms with Crippen molar-refractivity contribution in [1.29, 1.82) is 0 Å². The summed E-state index contributed by atoms with van der Waals surface area (Å²) >= 11 is 2.89. The number of rotatable bonds is 5. The molecule has 1 aromatic carbocycles. The molecule has 0 unspecified atom stereocenters. The molecule has 154 valence electrons. The van der Waals surface area contributed by atoms with Crippen molar-refractivity contribution in [2.75, 3.05) is 39.2 Å². The summed E-state index contributed by atoms with van der Waals surface area (Å²) in [4.78, 5) is 33.1. The number of hydrogen-bond donors (Lipinski definition) is 0. The second-order valence-corrected chi connectivity index (χ2v) is 9.31. The van der Waals surface area contributed by atoms with Crippen LogP contribution in [-0.2, 0) is 16.0 Å². The first-order valence-electron chi connectivity index (χ1n) is 9.52. The number of carbonyl (C=O) groups is 1. The van der Waals surface area contributed by atoms with Crippen molar-refractivity contribution in [2.24, 2.45) is 0 Å². The van der Waals surface area contributed by atoms with Crippen LogP contribution < -0.4 is 10.3 Å². The Bertz CT molecular complexity index is 955. The summed E-state index contributed by atoms with van der Waals surface area (Å²) in [5.41, 5.74) is 1.47. The summed E-state index contributed by atoms with van der Waals surface area (Å²) in [6.07, 6.45) is 0.768. The average Bonchev–Trinajstić information content (AvgIpc) is 3.13. The monoisotopic (exact) mass is 433 g/mol. The second kappa shape index (κ2) is 8.81. The van der Waals surface area contributed by atoms with Gasteiger partial charge in [0.2, 0.25) is 5.91 Å². The maximum Gasteiger partial charge on any atom is 0.272 e. The van der Waals surface area contributed by atoms with Gasteiger partial charge in [-0.1, -0.05) is 18.7 Å². The number of nitrogens with zero attached hydrogens (tertiary/aromatic N) is 3. The van der Waals surface area contributed by atoms with E-state index in [2.05, 4.69) is 6.92 Å². The van der Waals surface area contributed by atoms with E-state index in [9.17, 15) is 9.59 Å². The van der Waals surface area contributed by atoms with Crippen LogP contribution in [-0.4, -0.2) is 64.8 Å². The predicted molar refractivity (Wildman–Crippen MR) is 114 cm³/mol. The largest absolute Gasteiger partial charge is 0.497 e. The Labute approximate surface area is 177 Å². The zero-order chi connectivity index (χ0) is 20.4. The van der Waals surface area contributed by atoms with E-state index >= 15 is 0 Å². The lowest BCUT2D eigenvalue weighted by atomic mass is 10.2. The van der Waals surface area contributed by atoms with Crippen LogP contribution >= 0.6 is 23.5 Å². The third-order valence-electron chi connectivity index (χ3n) is 4.90. The molecular weight excluding hydrogens is 410 g/mol. The third-order valence-corrected chi connectivity index (χ3v) is 7.04. The van der Waals surface area contributed by atoms with Gasteiger partial charge in [-0.2, -0.15) is 0 Å². The van der Waals surface area contributed by atoms with Crippen LogP contribution in [0.5, 0.6) is 5.75 Å². The summed E-state index contributed by atoms with van der Waals surface area (Å²) < 4.78 is 12.2. The van der Waals surface area contributed by atoms with Crippen LogP contribution in [0.3, 0.4) is 0 Å². The molecule has 1 aromatic heterocycles. The molecule has 3 heterocycles. The van der Waals surface area contributed by atoms with Gasteiger partial charge in [-0.15, -0.1) is 11.8 Å². The van der Waals surface area contributed by atoms with Gasteiger partial charge < -0.3 is 14.4 Å². The highest BCUT2D eigenvalue weighted by atomic mass is 32.2. The van der Waals surface area contributed by atoms with E-state index in [-0.39, 0.29) is 17.2 Å². The van der Waals surface area contributed by atoms with E-state index in [1.165, 1.54) is 11.8 Å². The number of carbonyl (C=O) groups excluding carboxylic acids is 1. The molecule has 2 aliphatic heterocycles. The number of fused-ring (bicyclic) bond motifs is 1. The van der Waals surface area contributed by atoms with E-state index < -0.39 is 0 Å². The number of amides is 1. The molecule has 9 heteroatoms. The van der Waals surface area contributed by atoms with Crippen molar-refractivity contribution in [2.45, 2.75) is 28.6 Å². The fraction of sp³-hybridized carbons (Fsp3) is 0.450. The third kappa shape index (κ3) is 4.31. The molecule has 0 N–H and O–H groups in total. The van der Waals surface area contributed by atoms with Gasteiger partial charge in [0.15, 0.2) is 5.16 Å². The molecule has 4 rings (SSSR count). The highest BCUT2D eigenvalue weighted by molar-refractivity contribution is 8.00. The topological polar surface area (TPSA) is 73.7 Å². The van der Waals surface area contributed by atoms with Crippen molar-refractivity contribution >= 4 is 29.4 Å². The van der Waals surface area contributed by atoms with Crippen LogP contribution in [0.15, 0.2) is 39.1 Å². The van der Waals surface area contributed by atoms with Crippen LogP contribution in [0.4, 0.5) is 0 Å². The van der Waals surface area contributed by atoms with E-state index in [0.29, 0.717) is 47.3 Å². The summed E-state index contributed by atoms with van der Waals surface area (Å²) in [5, 5.41) is 0.875. The molecular formula is C20H23N3O4S2. The van der Waals surface area contributed by atoms with Crippen molar-refractivity contribution in [1.82, 2.24) is 14.5 Å². The number of benzene rings is 1. The minimum absolute atomic E-state index is 0.0390. The average molecular weight is 434 g/mol. The van der Waals surface area contributed by atoms with Crippen LogP contribution in [0.2, 0.25) is 0 Å². The lowest BCUT2D eigenvalue weighted by Gasteiger charge is -2.26. The smallest absolute Gasteiger partial charge is 0.272 e. The van der Waals surface area contributed by atoms with Gasteiger partial charge in [-0.3, -0.25) is 14.2 Å². The molecule has 29 heavy (non-hydrogen) atoms. The van der Waals surface area contributed by atoms with Crippen LogP contribution in [0.25, 0.3) is 5.69 Å². The molecule has 0 bridgehead atoms. The lowest BCUT2D eigenvalue weighted by Crippen LogP contribution is -2.41. The molecule has 1 saturated heterocycles. The zero-order valence-corrected chi connectivity index (χ0v) is 18.1. The van der Waals surface area contributed by atoms with Crippen molar-refractivity contribution in [3.05, 3.63) is 40.3 Å². The lowest BCUT2D eigenvalue weighted by molar-refractivity contribution is -0.132. The molecule has 2 aliphatic rings. The van der Waals surface area contributed by atoms with E-state index in [1.54, 1.807) is 28.3 Å². The zero-order valence-electron chi connectivity index (χ0n) is 16.4. The Kier molecular flexibility index (Phi) is 6.17. The number of ether oxygens (including phenoxy) is 2. The first kappa shape index (κ1) is 20.3.